The van der Waals surface area contributed by atoms with Gasteiger partial charge in [-0.1, -0.05) is 19.1 Å². The fourth-order valence-electron chi connectivity index (χ4n) is 2.07. The van der Waals surface area contributed by atoms with Crippen LogP contribution in [0.5, 0.6) is 0 Å². The van der Waals surface area contributed by atoms with E-state index in [0.29, 0.717) is 0 Å². The highest BCUT2D eigenvalue weighted by atomic mass is 32.1. The molecule has 21 heavy (non-hydrogen) atoms. The summed E-state index contributed by atoms with van der Waals surface area (Å²) in [5.41, 5.74) is 5.77. The van der Waals surface area contributed by atoms with E-state index in [1.165, 1.54) is 0 Å². The Morgan fingerprint density at radius 3 is 2.62 bits per heavy atom. The van der Waals surface area contributed by atoms with E-state index in [2.05, 4.69) is 10.2 Å². The van der Waals surface area contributed by atoms with Crippen LogP contribution in [-0.2, 0) is 9.53 Å². The lowest BCUT2D eigenvalue weighted by molar-refractivity contribution is -0.123. The maximum absolute atomic E-state index is 11.9. The van der Waals surface area contributed by atoms with Crippen molar-refractivity contribution in [2.24, 2.45) is 11.7 Å². The fourth-order valence-corrected chi connectivity index (χ4v) is 2.22. The van der Waals surface area contributed by atoms with Crippen LogP contribution in [0.25, 0.3) is 0 Å². The van der Waals surface area contributed by atoms with Crippen LogP contribution in [-0.4, -0.2) is 72.3 Å². The van der Waals surface area contributed by atoms with Crippen LogP contribution < -0.4 is 11.1 Å². The zero-order valence-electron chi connectivity index (χ0n) is 12.9. The molecule has 7 heteroatoms. The Morgan fingerprint density at radius 1 is 1.43 bits per heavy atom. The normalized spacial score (nSPS) is 20.6. The summed E-state index contributed by atoms with van der Waals surface area (Å²) >= 11 is 5.38. The number of aliphatic hydroxyl groups is 1. The quantitative estimate of drug-likeness (QED) is 0.525. The Hall–Kier alpha value is -0.600. The highest BCUT2D eigenvalue weighted by molar-refractivity contribution is 7.80. The van der Waals surface area contributed by atoms with Gasteiger partial charge in [-0.25, -0.2) is 0 Å². The molecule has 1 aliphatic rings. The third-order valence-electron chi connectivity index (χ3n) is 3.82. The molecular weight excluding hydrogens is 290 g/mol. The zero-order valence-corrected chi connectivity index (χ0v) is 13.7. The molecule has 0 aromatic rings. The molecule has 0 saturated carbocycles. The average molecular weight is 317 g/mol. The molecule has 3 atom stereocenters. The predicted molar refractivity (Wildman–Crippen MR) is 86.3 cm³/mol. The van der Waals surface area contributed by atoms with Crippen molar-refractivity contribution in [2.75, 3.05) is 39.5 Å². The fraction of sp³-hybridized carbons (Fsp3) is 0.857. The molecule has 1 amide bonds. The molecule has 1 aliphatic heterocycles. The summed E-state index contributed by atoms with van der Waals surface area (Å²) in [5.74, 6) is -0.531. The molecule has 3 unspecified atom stereocenters. The number of morpholine rings is 1. The Morgan fingerprint density at radius 2 is 2.05 bits per heavy atom. The van der Waals surface area contributed by atoms with Gasteiger partial charge in [-0.15, -0.1) is 0 Å². The predicted octanol–water partition coefficient (Wildman–Crippen LogP) is -0.461. The highest BCUT2D eigenvalue weighted by Gasteiger charge is 2.22. The van der Waals surface area contributed by atoms with Gasteiger partial charge in [0.05, 0.1) is 25.3 Å². The Balaban J connectivity index is 2.31. The summed E-state index contributed by atoms with van der Waals surface area (Å²) in [6, 6.07) is -0.898. The third-order valence-corrected chi connectivity index (χ3v) is 4.38. The highest BCUT2D eigenvalue weighted by Crippen LogP contribution is 2.04. The first kappa shape index (κ1) is 18.4. The zero-order chi connectivity index (χ0) is 15.8. The van der Waals surface area contributed by atoms with Crippen LogP contribution in [0.3, 0.4) is 0 Å². The first-order valence-electron chi connectivity index (χ1n) is 7.45. The number of nitrogens with one attached hydrogen (secondary N) is 1. The van der Waals surface area contributed by atoms with Crippen LogP contribution in [0, 0.1) is 5.92 Å². The van der Waals surface area contributed by atoms with Gasteiger partial charge in [0.15, 0.2) is 0 Å². The van der Waals surface area contributed by atoms with Crippen LogP contribution in [0.15, 0.2) is 0 Å². The number of carbonyl (C=O) groups excluding carboxylic acids is 1. The van der Waals surface area contributed by atoms with Crippen molar-refractivity contribution in [3.8, 4) is 0 Å². The number of amides is 1. The summed E-state index contributed by atoms with van der Waals surface area (Å²) in [7, 11) is 0. The van der Waals surface area contributed by atoms with Crippen molar-refractivity contribution in [1.29, 1.82) is 0 Å². The molecule has 0 aromatic carbocycles. The number of ether oxygens (including phenoxy) is 1. The van der Waals surface area contributed by atoms with E-state index in [1.54, 1.807) is 6.92 Å². The molecule has 1 heterocycles. The van der Waals surface area contributed by atoms with Gasteiger partial charge in [0, 0.05) is 37.0 Å². The van der Waals surface area contributed by atoms with Gasteiger partial charge in [0.2, 0.25) is 5.91 Å². The molecule has 1 fully saturated rings. The van der Waals surface area contributed by atoms with Gasteiger partial charge < -0.3 is 20.9 Å². The van der Waals surface area contributed by atoms with Crippen LogP contribution in [0.2, 0.25) is 0 Å². The first-order valence-corrected chi connectivity index (χ1v) is 7.86. The summed E-state index contributed by atoms with van der Waals surface area (Å²) in [6.45, 7) is 7.80. The number of rotatable bonds is 8. The van der Waals surface area contributed by atoms with Gasteiger partial charge in [0.25, 0.3) is 0 Å². The molecule has 4 N–H and O–H groups in total. The maximum Gasteiger partial charge on any atom is 0.237 e. The van der Waals surface area contributed by atoms with E-state index in [9.17, 15) is 4.79 Å². The standard InChI is InChI=1S/C14H27N3O3S/c1-10(9-18)13(15)14(19)16-11(2)12(21)3-4-17-5-7-20-8-6-17/h10-11,13,18H,3-9,15H2,1-2H3,(H,16,19). The van der Waals surface area contributed by atoms with E-state index in [0.717, 1.165) is 44.1 Å². The number of carbonyl (C=O) groups is 1. The van der Waals surface area contributed by atoms with E-state index >= 15 is 0 Å². The molecular formula is C14H27N3O3S. The lowest BCUT2D eigenvalue weighted by Gasteiger charge is -2.27. The molecule has 1 saturated heterocycles. The lowest BCUT2D eigenvalue weighted by Crippen LogP contribution is -2.50. The Kier molecular flexibility index (Phi) is 8.28. The number of hydrogen-bond donors (Lipinski definition) is 3. The molecule has 0 aliphatic carbocycles. The first-order chi connectivity index (χ1) is 9.95. The SMILES string of the molecule is CC(NC(=O)C(N)C(C)CO)C(=S)CCN1CCOCC1. The monoisotopic (exact) mass is 317 g/mol. The number of aliphatic hydroxyl groups excluding tert-OH is 1. The number of nitrogens with two attached hydrogens (primary N) is 1. The second-order valence-electron chi connectivity index (χ2n) is 5.59. The molecule has 122 valence electrons. The maximum atomic E-state index is 11.9. The molecule has 0 spiro atoms. The van der Waals surface area contributed by atoms with Crippen molar-refractivity contribution < 1.29 is 14.6 Å². The topological polar surface area (TPSA) is 87.8 Å². The Bertz CT molecular complexity index is 348. The number of nitrogens with zero attached hydrogens (tertiary/aromatic N) is 1. The van der Waals surface area contributed by atoms with E-state index < -0.39 is 6.04 Å². The average Bonchev–Trinajstić information content (AvgIpc) is 2.51. The van der Waals surface area contributed by atoms with Gasteiger partial charge in [-0.2, -0.15) is 0 Å². The van der Waals surface area contributed by atoms with E-state index in [4.69, 9.17) is 27.8 Å². The van der Waals surface area contributed by atoms with Crippen molar-refractivity contribution in [3.05, 3.63) is 0 Å². The molecule has 0 bridgehead atoms. The lowest BCUT2D eigenvalue weighted by atomic mass is 10.0. The van der Waals surface area contributed by atoms with Crippen molar-refractivity contribution in [2.45, 2.75) is 32.4 Å². The second kappa shape index (κ2) is 9.42. The summed E-state index contributed by atoms with van der Waals surface area (Å²) in [5, 5.41) is 11.8. The van der Waals surface area contributed by atoms with Gasteiger partial charge >= 0.3 is 0 Å². The van der Waals surface area contributed by atoms with Gasteiger partial charge in [-0.3, -0.25) is 9.69 Å². The summed E-state index contributed by atoms with van der Waals surface area (Å²) in [6.07, 6.45) is 0.765. The van der Waals surface area contributed by atoms with Crippen molar-refractivity contribution >= 4 is 23.0 Å². The smallest absolute Gasteiger partial charge is 0.237 e. The molecule has 0 aromatic heterocycles. The number of hydrogen-bond acceptors (Lipinski definition) is 6. The van der Waals surface area contributed by atoms with Crippen LogP contribution in [0.4, 0.5) is 0 Å². The number of thiocarbonyl (C=S) groups is 1. The third kappa shape index (κ3) is 6.36. The minimum atomic E-state index is -0.709. The van der Waals surface area contributed by atoms with Crippen molar-refractivity contribution in [1.82, 2.24) is 10.2 Å². The minimum Gasteiger partial charge on any atom is -0.396 e. The summed E-state index contributed by atoms with van der Waals surface area (Å²) in [4.78, 5) is 15.1. The van der Waals surface area contributed by atoms with E-state index in [1.807, 2.05) is 6.92 Å². The van der Waals surface area contributed by atoms with Crippen LogP contribution >= 0.6 is 12.2 Å². The summed E-state index contributed by atoms with van der Waals surface area (Å²) < 4.78 is 5.30. The largest absolute Gasteiger partial charge is 0.396 e. The minimum absolute atomic E-state index is 0.107. The van der Waals surface area contributed by atoms with Crippen molar-refractivity contribution in [3.63, 3.8) is 0 Å². The van der Waals surface area contributed by atoms with Crippen LogP contribution in [0.1, 0.15) is 20.3 Å². The molecule has 6 nitrogen and oxygen atoms in total. The van der Waals surface area contributed by atoms with Gasteiger partial charge in [0.1, 0.15) is 0 Å². The Labute approximate surface area is 132 Å². The molecule has 1 rings (SSSR count). The molecule has 0 radical (unpaired) electrons. The van der Waals surface area contributed by atoms with E-state index in [-0.39, 0.29) is 24.5 Å². The van der Waals surface area contributed by atoms with Gasteiger partial charge in [-0.05, 0) is 13.3 Å². The second-order valence-corrected chi connectivity index (χ2v) is 6.11.